The van der Waals surface area contributed by atoms with E-state index in [1.165, 1.54) is 38.6 Å². The van der Waals surface area contributed by atoms with Gasteiger partial charge in [-0.05, 0) is 51.0 Å². The molecule has 0 aliphatic carbocycles. The SMILES string of the molecule is [CH2-]c1cc2oc3cc(-c4ccc(C)cc4)ccc3c2cc1-c1cc(C)cc[n+]1[CH2-].[CH2-]c1ccc(C)cc1-c1cc(C)c([Si](C)(C)C)c[n+]1[CH2-].[Ir]. The number of fused-ring (bicyclic) bond motifs is 3. The zero-order valence-corrected chi connectivity index (χ0v) is 33.7. The number of furan rings is 1. The Morgan fingerprint density at radius 3 is 1.86 bits per heavy atom. The third-order valence-corrected chi connectivity index (χ3v) is 11.4. The summed E-state index contributed by atoms with van der Waals surface area (Å²) in [6.45, 7) is 24.0. The first-order valence-corrected chi connectivity index (χ1v) is 20.2. The van der Waals surface area contributed by atoms with E-state index >= 15 is 0 Å². The largest absolute Gasteiger partial charge is 0.469 e. The predicted molar refractivity (Wildman–Crippen MR) is 209 cm³/mol. The van der Waals surface area contributed by atoms with E-state index in [1.54, 1.807) is 0 Å². The van der Waals surface area contributed by atoms with E-state index in [9.17, 15) is 0 Å². The van der Waals surface area contributed by atoms with Gasteiger partial charge in [-0.1, -0.05) is 95.6 Å². The van der Waals surface area contributed by atoms with Gasteiger partial charge in [0, 0.05) is 45.0 Å². The number of hydrogen-bond acceptors (Lipinski definition) is 1. The molecule has 0 aliphatic rings. The van der Waals surface area contributed by atoms with Crippen molar-refractivity contribution in [3.63, 3.8) is 0 Å². The zero-order valence-electron chi connectivity index (χ0n) is 30.3. The van der Waals surface area contributed by atoms with Gasteiger partial charge in [0.2, 0.25) is 0 Å². The summed E-state index contributed by atoms with van der Waals surface area (Å²) in [4.78, 5) is 0. The third kappa shape index (κ3) is 7.41. The first-order valence-electron chi connectivity index (χ1n) is 16.7. The van der Waals surface area contributed by atoms with E-state index in [0.717, 1.165) is 55.6 Å². The molecule has 0 spiro atoms. The van der Waals surface area contributed by atoms with Gasteiger partial charge < -0.3 is 13.6 Å². The fourth-order valence-electron chi connectivity index (χ4n) is 6.53. The maximum absolute atomic E-state index is 6.20. The maximum Gasteiger partial charge on any atom is 0.134 e. The van der Waals surface area contributed by atoms with Crippen molar-refractivity contribution < 1.29 is 33.7 Å². The molecule has 0 N–H and O–H groups in total. The Hall–Kier alpha value is -4.67. The van der Waals surface area contributed by atoms with E-state index in [2.05, 4.69) is 166 Å². The monoisotopic (exact) mass is 851 g/mol. The van der Waals surface area contributed by atoms with Crippen LogP contribution in [0.1, 0.15) is 33.4 Å². The summed E-state index contributed by atoms with van der Waals surface area (Å²) < 4.78 is 10.1. The quantitative estimate of drug-likeness (QED) is 0.0982. The van der Waals surface area contributed by atoms with E-state index in [4.69, 9.17) is 4.42 Å². The average Bonchev–Trinajstić information content (AvgIpc) is 3.40. The fraction of sp³-hybridized carbons (Fsp3) is 0.156. The molecule has 3 heterocycles. The van der Waals surface area contributed by atoms with Crippen LogP contribution in [0, 0.1) is 55.6 Å². The molecule has 3 aromatic heterocycles. The number of aromatic nitrogens is 2. The number of benzene rings is 4. The fourth-order valence-corrected chi connectivity index (χ4v) is 8.33. The molecular formula is C45H46IrN2OSi-2. The molecule has 0 saturated carbocycles. The Morgan fingerprint density at radius 1 is 0.560 bits per heavy atom. The van der Waals surface area contributed by atoms with Crippen LogP contribution in [-0.2, 0) is 20.1 Å². The summed E-state index contributed by atoms with van der Waals surface area (Å²) in [6.07, 6.45) is 4.19. The van der Waals surface area contributed by atoms with Crippen LogP contribution in [0.3, 0.4) is 0 Å². The van der Waals surface area contributed by atoms with Crippen LogP contribution < -0.4 is 14.3 Å². The van der Waals surface area contributed by atoms with Gasteiger partial charge in [-0.3, -0.25) is 0 Å². The molecule has 257 valence electrons. The Morgan fingerprint density at radius 2 is 1.16 bits per heavy atom. The van der Waals surface area contributed by atoms with Gasteiger partial charge in [0.05, 0.1) is 37.4 Å². The first kappa shape index (κ1) is 36.6. The van der Waals surface area contributed by atoms with Crippen molar-refractivity contribution in [2.45, 2.75) is 47.3 Å². The van der Waals surface area contributed by atoms with Crippen LogP contribution in [0.25, 0.3) is 55.6 Å². The molecule has 0 aliphatic heterocycles. The molecule has 50 heavy (non-hydrogen) atoms. The first-order chi connectivity index (χ1) is 23.2. The molecule has 4 aromatic carbocycles. The van der Waals surface area contributed by atoms with Crippen molar-refractivity contribution in [2.24, 2.45) is 0 Å². The molecule has 7 rings (SSSR count). The van der Waals surface area contributed by atoms with Crippen molar-refractivity contribution in [3.8, 4) is 33.6 Å². The topological polar surface area (TPSA) is 20.9 Å². The smallest absolute Gasteiger partial charge is 0.134 e. The minimum absolute atomic E-state index is 0. The molecule has 0 atom stereocenters. The van der Waals surface area contributed by atoms with E-state index in [-0.39, 0.29) is 20.1 Å². The molecule has 0 saturated heterocycles. The van der Waals surface area contributed by atoms with Crippen LogP contribution in [0.2, 0.25) is 19.6 Å². The normalized spacial score (nSPS) is 11.3. The Bertz CT molecular complexity index is 2350. The number of hydrogen-bond donors (Lipinski definition) is 0. The Kier molecular flexibility index (Phi) is 10.5. The van der Waals surface area contributed by atoms with Crippen molar-refractivity contribution in [1.82, 2.24) is 0 Å². The van der Waals surface area contributed by atoms with Gasteiger partial charge >= 0.3 is 0 Å². The molecule has 0 unspecified atom stereocenters. The van der Waals surface area contributed by atoms with Gasteiger partial charge in [0.1, 0.15) is 5.58 Å². The second-order valence-electron chi connectivity index (χ2n) is 14.4. The average molecular weight is 851 g/mol. The Labute approximate surface area is 313 Å². The number of nitrogens with zero attached hydrogens (tertiary/aromatic N) is 2. The molecule has 1 radical (unpaired) electrons. The molecule has 3 nitrogen and oxygen atoms in total. The van der Waals surface area contributed by atoms with E-state index in [1.807, 2.05) is 21.4 Å². The van der Waals surface area contributed by atoms with Gasteiger partial charge in [-0.25, -0.2) is 0 Å². The maximum atomic E-state index is 6.20. The van der Waals surface area contributed by atoms with Crippen LogP contribution in [0.4, 0.5) is 0 Å². The summed E-state index contributed by atoms with van der Waals surface area (Å²) in [6, 6.07) is 32.0. The van der Waals surface area contributed by atoms with E-state index < -0.39 is 8.07 Å². The number of rotatable bonds is 4. The molecule has 0 amide bonds. The minimum atomic E-state index is -1.33. The van der Waals surface area contributed by atoms with Crippen LogP contribution in [0.15, 0.2) is 108 Å². The summed E-state index contributed by atoms with van der Waals surface area (Å²) >= 11 is 0. The van der Waals surface area contributed by atoms with Gasteiger partial charge in [0.25, 0.3) is 0 Å². The third-order valence-electron chi connectivity index (χ3n) is 9.27. The molecular weight excluding hydrogens is 805 g/mol. The zero-order chi connectivity index (χ0) is 35.2. The van der Waals surface area contributed by atoms with Gasteiger partial charge in [0.15, 0.2) is 0 Å². The van der Waals surface area contributed by atoms with E-state index in [0.29, 0.717) is 0 Å². The molecule has 0 bridgehead atoms. The van der Waals surface area contributed by atoms with Crippen LogP contribution >= 0.6 is 0 Å². The minimum Gasteiger partial charge on any atom is -0.469 e. The Balaban J connectivity index is 0.000000204. The molecule has 7 aromatic rings. The second-order valence-corrected chi connectivity index (χ2v) is 19.4. The van der Waals surface area contributed by atoms with Crippen molar-refractivity contribution >= 4 is 35.2 Å². The van der Waals surface area contributed by atoms with Crippen LogP contribution in [0.5, 0.6) is 0 Å². The number of pyridine rings is 2. The van der Waals surface area contributed by atoms with Crippen molar-refractivity contribution in [2.75, 3.05) is 0 Å². The standard InChI is InChI=1S/C27H22NO.C18H24NSi.Ir/c1-17-5-7-20(8-6-17)21-9-10-22-24-16-23(25-13-18(2)11-12-28(25)4)19(3)14-26(24)29-27(22)15-21;1-13-8-9-14(2)16(10-13)17-11-15(3)18(12-19(17)4)20(5,6)7;/h5-16H,3-4H2,1-2H3;8-12H,2,4H2,1,3,5-7H3;/q2*-1;. The second kappa shape index (κ2) is 14.3. The summed E-state index contributed by atoms with van der Waals surface area (Å²) in [5, 5.41) is 3.68. The van der Waals surface area contributed by atoms with Gasteiger partial charge in [-0.2, -0.15) is 31.0 Å². The number of aryl methyl sites for hydroxylation is 4. The molecule has 0 fully saturated rings. The van der Waals surface area contributed by atoms with Crippen molar-refractivity contribution in [1.29, 1.82) is 0 Å². The summed E-state index contributed by atoms with van der Waals surface area (Å²) in [5.74, 6) is 0. The van der Waals surface area contributed by atoms with Crippen LogP contribution in [-0.4, -0.2) is 8.07 Å². The summed E-state index contributed by atoms with van der Waals surface area (Å²) in [5.41, 5.74) is 15.6. The summed E-state index contributed by atoms with van der Waals surface area (Å²) in [7, 11) is 6.99. The van der Waals surface area contributed by atoms with Crippen molar-refractivity contribution in [3.05, 3.63) is 165 Å². The van der Waals surface area contributed by atoms with Gasteiger partial charge in [-0.15, -0.1) is 35.4 Å². The molecule has 5 heteroatoms. The predicted octanol–water partition coefficient (Wildman–Crippen LogP) is 10.3.